The number of alkyl halides is 2. The zero-order valence-electron chi connectivity index (χ0n) is 7.58. The van der Waals surface area contributed by atoms with Gasteiger partial charge in [-0.15, -0.1) is 0 Å². The van der Waals surface area contributed by atoms with E-state index in [0.717, 1.165) is 10.0 Å². The molecule has 0 saturated carbocycles. The number of benzene rings is 1. The molecule has 0 N–H and O–H groups in total. The summed E-state index contributed by atoms with van der Waals surface area (Å²) in [6, 6.07) is 10.1. The minimum atomic E-state index is -2.56. The van der Waals surface area contributed by atoms with E-state index in [2.05, 4.69) is 15.9 Å². The molecule has 0 spiro atoms. The first-order chi connectivity index (χ1) is 7.16. The second-order valence-corrected chi connectivity index (χ2v) is 3.93. The highest BCUT2D eigenvalue weighted by molar-refractivity contribution is 9.10. The fraction of sp³-hybridized carbons (Fsp3) is 0.0909. The molecule has 0 aliphatic rings. The Morgan fingerprint density at radius 2 is 1.67 bits per heavy atom. The van der Waals surface area contributed by atoms with Gasteiger partial charge in [-0.05, 0) is 24.3 Å². The summed E-state index contributed by atoms with van der Waals surface area (Å²) >= 11 is 3.30. The van der Waals surface area contributed by atoms with Crippen molar-refractivity contribution in [2.24, 2.45) is 0 Å². The van der Waals surface area contributed by atoms with Gasteiger partial charge in [-0.1, -0.05) is 28.1 Å². The summed E-state index contributed by atoms with van der Waals surface area (Å²) in [6.45, 7) is 0. The van der Waals surface area contributed by atoms with Crippen LogP contribution in [0.25, 0.3) is 11.3 Å². The summed E-state index contributed by atoms with van der Waals surface area (Å²) in [5, 5.41) is 0. The molecule has 1 nitrogen and oxygen atoms in total. The Morgan fingerprint density at radius 1 is 1.00 bits per heavy atom. The topological polar surface area (TPSA) is 13.1 Å². The van der Waals surface area contributed by atoms with Crippen molar-refractivity contribution in [3.63, 3.8) is 0 Å². The Morgan fingerprint density at radius 3 is 2.20 bits per heavy atom. The Labute approximate surface area is 93.8 Å². The van der Waals surface area contributed by atoms with Gasteiger partial charge in [0.15, 0.2) is 5.76 Å². The number of furan rings is 1. The lowest BCUT2D eigenvalue weighted by atomic mass is 10.2. The molecule has 0 amide bonds. The first-order valence-corrected chi connectivity index (χ1v) is 5.10. The minimum Gasteiger partial charge on any atom is -0.455 e. The molecule has 4 heteroatoms. The highest BCUT2D eigenvalue weighted by atomic mass is 79.9. The maximum atomic E-state index is 12.3. The van der Waals surface area contributed by atoms with Gasteiger partial charge >= 0.3 is 0 Å². The van der Waals surface area contributed by atoms with E-state index < -0.39 is 6.43 Å². The maximum Gasteiger partial charge on any atom is 0.295 e. The molecule has 2 aromatic rings. The van der Waals surface area contributed by atoms with Crippen LogP contribution in [0.4, 0.5) is 8.78 Å². The number of hydrogen-bond acceptors (Lipinski definition) is 1. The molecule has 0 bridgehead atoms. The Hall–Kier alpha value is -1.16. The van der Waals surface area contributed by atoms with E-state index in [1.54, 1.807) is 18.2 Å². The molecule has 0 radical (unpaired) electrons. The van der Waals surface area contributed by atoms with Gasteiger partial charge in [0.1, 0.15) is 5.76 Å². The summed E-state index contributed by atoms with van der Waals surface area (Å²) in [7, 11) is 0. The van der Waals surface area contributed by atoms with Gasteiger partial charge in [0.2, 0.25) is 0 Å². The Kier molecular flexibility index (Phi) is 2.86. The van der Waals surface area contributed by atoms with Crippen molar-refractivity contribution in [2.45, 2.75) is 6.43 Å². The Bertz CT molecular complexity index is 448. The molecular weight excluding hydrogens is 266 g/mol. The molecule has 0 aliphatic carbocycles. The minimum absolute atomic E-state index is 0.298. The standard InChI is InChI=1S/C11H7BrF2O/c12-8-3-1-7(2-4-8)9-5-6-10(15-9)11(13)14/h1-6,11H. The lowest BCUT2D eigenvalue weighted by molar-refractivity contribution is 0.123. The fourth-order valence-electron chi connectivity index (χ4n) is 1.24. The molecule has 78 valence electrons. The maximum absolute atomic E-state index is 12.3. The fourth-order valence-corrected chi connectivity index (χ4v) is 1.50. The Balaban J connectivity index is 2.33. The smallest absolute Gasteiger partial charge is 0.295 e. The van der Waals surface area contributed by atoms with Crippen LogP contribution in [0.1, 0.15) is 12.2 Å². The zero-order valence-corrected chi connectivity index (χ0v) is 9.17. The second-order valence-electron chi connectivity index (χ2n) is 3.01. The van der Waals surface area contributed by atoms with Crippen LogP contribution >= 0.6 is 15.9 Å². The highest BCUT2D eigenvalue weighted by Gasteiger charge is 2.12. The molecule has 0 fully saturated rings. The third-order valence-electron chi connectivity index (χ3n) is 1.97. The summed E-state index contributed by atoms with van der Waals surface area (Å²) in [5.41, 5.74) is 0.783. The van der Waals surface area contributed by atoms with Gasteiger partial charge < -0.3 is 4.42 Å². The van der Waals surface area contributed by atoms with Gasteiger partial charge in [0.05, 0.1) is 0 Å². The average Bonchev–Trinajstić information content (AvgIpc) is 2.68. The molecule has 1 heterocycles. The normalized spacial score (nSPS) is 10.9. The lowest BCUT2D eigenvalue weighted by Gasteiger charge is -1.97. The largest absolute Gasteiger partial charge is 0.455 e. The van der Waals surface area contributed by atoms with Crippen LogP contribution in [0.5, 0.6) is 0 Å². The molecular formula is C11H7BrF2O. The molecule has 2 rings (SSSR count). The highest BCUT2D eigenvalue weighted by Crippen LogP contribution is 2.28. The van der Waals surface area contributed by atoms with Crippen molar-refractivity contribution in [1.82, 2.24) is 0 Å². The van der Waals surface area contributed by atoms with Crippen molar-refractivity contribution in [2.75, 3.05) is 0 Å². The third kappa shape index (κ3) is 2.26. The first-order valence-electron chi connectivity index (χ1n) is 4.30. The number of halogens is 3. The van der Waals surface area contributed by atoms with E-state index in [-0.39, 0.29) is 5.76 Å². The van der Waals surface area contributed by atoms with E-state index in [9.17, 15) is 8.78 Å². The molecule has 15 heavy (non-hydrogen) atoms. The van der Waals surface area contributed by atoms with E-state index in [4.69, 9.17) is 4.42 Å². The SMILES string of the molecule is FC(F)c1ccc(-c2ccc(Br)cc2)o1. The summed E-state index contributed by atoms with van der Waals surface area (Å²) < 4.78 is 30.5. The second kappa shape index (κ2) is 4.14. The van der Waals surface area contributed by atoms with E-state index in [1.807, 2.05) is 12.1 Å². The van der Waals surface area contributed by atoms with E-state index in [1.165, 1.54) is 6.07 Å². The lowest BCUT2D eigenvalue weighted by Crippen LogP contribution is -1.76. The predicted molar refractivity (Wildman–Crippen MR) is 56.8 cm³/mol. The van der Waals surface area contributed by atoms with Crippen LogP contribution in [-0.2, 0) is 0 Å². The van der Waals surface area contributed by atoms with E-state index >= 15 is 0 Å². The van der Waals surface area contributed by atoms with Crippen molar-refractivity contribution >= 4 is 15.9 Å². The summed E-state index contributed by atoms with van der Waals surface area (Å²) in [6.07, 6.45) is -2.56. The van der Waals surface area contributed by atoms with Crippen LogP contribution in [0.15, 0.2) is 45.3 Å². The molecule has 1 aromatic carbocycles. The molecule has 0 atom stereocenters. The van der Waals surface area contributed by atoms with Crippen LogP contribution in [0.2, 0.25) is 0 Å². The third-order valence-corrected chi connectivity index (χ3v) is 2.50. The summed E-state index contributed by atoms with van der Waals surface area (Å²) in [4.78, 5) is 0. The van der Waals surface area contributed by atoms with Crippen molar-refractivity contribution in [3.05, 3.63) is 46.6 Å². The van der Waals surface area contributed by atoms with Crippen LogP contribution in [0.3, 0.4) is 0 Å². The van der Waals surface area contributed by atoms with Crippen molar-refractivity contribution in [3.8, 4) is 11.3 Å². The van der Waals surface area contributed by atoms with Crippen LogP contribution in [0, 0.1) is 0 Å². The quantitative estimate of drug-likeness (QED) is 0.776. The van der Waals surface area contributed by atoms with Crippen molar-refractivity contribution < 1.29 is 13.2 Å². The first kappa shape index (κ1) is 10.4. The molecule has 0 aliphatic heterocycles. The molecule has 0 unspecified atom stereocenters. The monoisotopic (exact) mass is 272 g/mol. The summed E-state index contributed by atoms with van der Waals surface area (Å²) in [5.74, 6) is 0.158. The van der Waals surface area contributed by atoms with Crippen LogP contribution in [-0.4, -0.2) is 0 Å². The number of hydrogen-bond donors (Lipinski definition) is 0. The van der Waals surface area contributed by atoms with Gasteiger partial charge in [0.25, 0.3) is 6.43 Å². The van der Waals surface area contributed by atoms with Gasteiger partial charge in [-0.25, -0.2) is 8.78 Å². The van der Waals surface area contributed by atoms with Gasteiger partial charge in [-0.2, -0.15) is 0 Å². The van der Waals surface area contributed by atoms with E-state index in [0.29, 0.717) is 5.76 Å². The predicted octanol–water partition coefficient (Wildman–Crippen LogP) is 4.65. The van der Waals surface area contributed by atoms with Crippen molar-refractivity contribution in [1.29, 1.82) is 0 Å². The number of rotatable bonds is 2. The van der Waals surface area contributed by atoms with Crippen LogP contribution < -0.4 is 0 Å². The van der Waals surface area contributed by atoms with Gasteiger partial charge in [-0.3, -0.25) is 0 Å². The van der Waals surface area contributed by atoms with Gasteiger partial charge in [0, 0.05) is 10.0 Å². The molecule has 0 saturated heterocycles. The zero-order chi connectivity index (χ0) is 10.8. The molecule has 1 aromatic heterocycles. The average molecular weight is 273 g/mol.